The number of benzene rings is 1. The lowest BCUT2D eigenvalue weighted by molar-refractivity contribution is 0.178. The van der Waals surface area contributed by atoms with Crippen molar-refractivity contribution in [3.05, 3.63) is 24.3 Å². The van der Waals surface area contributed by atoms with Gasteiger partial charge in [-0.2, -0.15) is 0 Å². The Morgan fingerprint density at radius 2 is 2.39 bits per heavy atom. The van der Waals surface area contributed by atoms with Crippen molar-refractivity contribution in [3.63, 3.8) is 0 Å². The van der Waals surface area contributed by atoms with Gasteiger partial charge in [0.1, 0.15) is 12.4 Å². The molecule has 1 atom stereocenters. The highest BCUT2D eigenvalue weighted by molar-refractivity contribution is 5.90. The smallest absolute Gasteiger partial charge is 0.414 e. The van der Waals surface area contributed by atoms with Gasteiger partial charge in [-0.05, 0) is 31.5 Å². The summed E-state index contributed by atoms with van der Waals surface area (Å²) < 4.78 is 10.3. The van der Waals surface area contributed by atoms with Gasteiger partial charge in [-0.3, -0.25) is 4.90 Å². The maximum atomic E-state index is 11.8. The number of rotatable bonds is 5. The number of hydrogen-bond donors (Lipinski definition) is 1. The van der Waals surface area contributed by atoms with Crippen LogP contribution in [-0.2, 0) is 4.74 Å². The summed E-state index contributed by atoms with van der Waals surface area (Å²) in [5.74, 6) is 0.727. The molecule has 1 aromatic carbocycles. The summed E-state index contributed by atoms with van der Waals surface area (Å²) in [6, 6.07) is 7.49. The fourth-order valence-electron chi connectivity index (χ4n) is 2.10. The van der Waals surface area contributed by atoms with Crippen LogP contribution in [0.1, 0.15) is 12.8 Å². The predicted octanol–water partition coefficient (Wildman–Crippen LogP) is 1.76. The van der Waals surface area contributed by atoms with Crippen LogP contribution < -0.4 is 15.4 Å². The highest BCUT2D eigenvalue weighted by Crippen LogP contribution is 2.28. The Labute approximate surface area is 106 Å². The highest BCUT2D eigenvalue weighted by atomic mass is 16.6. The van der Waals surface area contributed by atoms with Crippen molar-refractivity contribution in [2.75, 3.05) is 25.2 Å². The molecule has 1 aromatic rings. The van der Waals surface area contributed by atoms with E-state index in [1.54, 1.807) is 12.0 Å². The minimum Gasteiger partial charge on any atom is -0.497 e. The molecule has 0 aromatic heterocycles. The number of nitrogens with two attached hydrogens (primary N) is 1. The number of nitrogens with zero attached hydrogens (tertiary/aromatic N) is 1. The second kappa shape index (κ2) is 5.73. The maximum absolute atomic E-state index is 11.8. The first-order valence-corrected chi connectivity index (χ1v) is 6.06. The van der Waals surface area contributed by atoms with Crippen LogP contribution in [0, 0.1) is 0 Å². The Bertz CT molecular complexity index is 422. The Morgan fingerprint density at radius 3 is 3.11 bits per heavy atom. The average Bonchev–Trinajstić information content (AvgIpc) is 2.77. The maximum Gasteiger partial charge on any atom is 0.414 e. The molecule has 2 rings (SSSR count). The fraction of sp³-hybridized carbons (Fsp3) is 0.462. The molecule has 98 valence electrons. The van der Waals surface area contributed by atoms with Crippen molar-refractivity contribution < 1.29 is 14.3 Å². The van der Waals surface area contributed by atoms with Crippen LogP contribution in [-0.4, -0.2) is 32.4 Å². The van der Waals surface area contributed by atoms with E-state index in [2.05, 4.69) is 0 Å². The minimum absolute atomic E-state index is 0.0631. The predicted molar refractivity (Wildman–Crippen MR) is 68.9 cm³/mol. The third-order valence-electron chi connectivity index (χ3n) is 3.03. The zero-order valence-corrected chi connectivity index (χ0v) is 10.5. The zero-order chi connectivity index (χ0) is 13.0. The average molecular weight is 250 g/mol. The number of anilines is 1. The first-order chi connectivity index (χ1) is 8.76. The number of ether oxygens (including phenoxy) is 2. The van der Waals surface area contributed by atoms with Crippen molar-refractivity contribution in [3.8, 4) is 5.75 Å². The molecule has 1 saturated heterocycles. The molecule has 18 heavy (non-hydrogen) atoms. The molecule has 1 aliphatic rings. The Hall–Kier alpha value is -1.75. The molecule has 0 aliphatic carbocycles. The van der Waals surface area contributed by atoms with E-state index in [1.807, 2.05) is 24.3 Å². The van der Waals surface area contributed by atoms with Crippen LogP contribution in [0.5, 0.6) is 5.75 Å². The molecular weight excluding hydrogens is 232 g/mol. The van der Waals surface area contributed by atoms with Crippen molar-refractivity contribution in [1.82, 2.24) is 0 Å². The fourth-order valence-corrected chi connectivity index (χ4v) is 2.10. The highest BCUT2D eigenvalue weighted by Gasteiger charge is 2.33. The third-order valence-corrected chi connectivity index (χ3v) is 3.03. The summed E-state index contributed by atoms with van der Waals surface area (Å²) in [6.07, 6.45) is 1.42. The SMILES string of the molecule is COc1cccc(N2C(=O)OCC2CCCN)c1. The molecule has 1 fully saturated rings. The van der Waals surface area contributed by atoms with Crippen LogP contribution in [0.25, 0.3) is 0 Å². The molecule has 0 bridgehead atoms. The number of methoxy groups -OCH3 is 1. The topological polar surface area (TPSA) is 64.8 Å². The van der Waals surface area contributed by atoms with E-state index in [0.717, 1.165) is 24.3 Å². The molecule has 2 N–H and O–H groups in total. The first-order valence-electron chi connectivity index (χ1n) is 6.06. The van der Waals surface area contributed by atoms with E-state index >= 15 is 0 Å². The van der Waals surface area contributed by atoms with Gasteiger partial charge in [0.25, 0.3) is 0 Å². The van der Waals surface area contributed by atoms with Crippen molar-refractivity contribution >= 4 is 11.8 Å². The molecule has 1 unspecified atom stereocenters. The Morgan fingerprint density at radius 1 is 1.56 bits per heavy atom. The van der Waals surface area contributed by atoms with Gasteiger partial charge < -0.3 is 15.2 Å². The third kappa shape index (κ3) is 2.56. The molecular formula is C13H18N2O3. The van der Waals surface area contributed by atoms with Gasteiger partial charge in [0.2, 0.25) is 0 Å². The van der Waals surface area contributed by atoms with Crippen LogP contribution in [0.2, 0.25) is 0 Å². The largest absolute Gasteiger partial charge is 0.497 e. The Kier molecular flexibility index (Phi) is 4.04. The molecule has 0 radical (unpaired) electrons. The normalized spacial score (nSPS) is 18.9. The summed E-state index contributed by atoms with van der Waals surface area (Å²) in [5, 5.41) is 0. The van der Waals surface area contributed by atoms with E-state index in [9.17, 15) is 4.79 Å². The van der Waals surface area contributed by atoms with Crippen molar-refractivity contribution in [1.29, 1.82) is 0 Å². The molecule has 1 amide bonds. The van der Waals surface area contributed by atoms with E-state index in [1.165, 1.54) is 0 Å². The summed E-state index contributed by atoms with van der Waals surface area (Å²) in [7, 11) is 1.60. The molecule has 5 heteroatoms. The van der Waals surface area contributed by atoms with Gasteiger partial charge in [-0.25, -0.2) is 4.79 Å². The van der Waals surface area contributed by atoms with Gasteiger partial charge >= 0.3 is 6.09 Å². The second-order valence-electron chi connectivity index (χ2n) is 4.23. The summed E-state index contributed by atoms with van der Waals surface area (Å²) >= 11 is 0. The van der Waals surface area contributed by atoms with Crippen LogP contribution in [0.4, 0.5) is 10.5 Å². The zero-order valence-electron chi connectivity index (χ0n) is 10.5. The lowest BCUT2D eigenvalue weighted by Crippen LogP contribution is -2.33. The molecule has 0 spiro atoms. The van der Waals surface area contributed by atoms with Crippen LogP contribution in [0.15, 0.2) is 24.3 Å². The number of hydrogen-bond acceptors (Lipinski definition) is 4. The van der Waals surface area contributed by atoms with Gasteiger partial charge in [-0.1, -0.05) is 6.07 Å². The van der Waals surface area contributed by atoms with E-state index in [4.69, 9.17) is 15.2 Å². The standard InChI is InChI=1S/C13H18N2O3/c1-17-12-6-2-4-10(8-12)15-11(5-3-7-14)9-18-13(15)16/h2,4,6,8,11H,3,5,7,9,14H2,1H3. The monoisotopic (exact) mass is 250 g/mol. The van der Waals surface area contributed by atoms with E-state index in [-0.39, 0.29) is 12.1 Å². The molecule has 1 aliphatic heterocycles. The minimum atomic E-state index is -0.301. The van der Waals surface area contributed by atoms with Gasteiger partial charge in [-0.15, -0.1) is 0 Å². The number of amides is 1. The lowest BCUT2D eigenvalue weighted by atomic mass is 10.1. The lowest BCUT2D eigenvalue weighted by Gasteiger charge is -2.21. The number of carbonyl (C=O) groups excluding carboxylic acids is 1. The van der Waals surface area contributed by atoms with E-state index in [0.29, 0.717) is 13.2 Å². The van der Waals surface area contributed by atoms with Crippen LogP contribution >= 0.6 is 0 Å². The summed E-state index contributed by atoms with van der Waals surface area (Å²) in [4.78, 5) is 13.5. The van der Waals surface area contributed by atoms with Gasteiger partial charge in [0.05, 0.1) is 18.8 Å². The quantitative estimate of drug-likeness (QED) is 0.864. The second-order valence-corrected chi connectivity index (χ2v) is 4.23. The first kappa shape index (κ1) is 12.7. The molecule has 5 nitrogen and oxygen atoms in total. The molecule has 0 saturated carbocycles. The number of carbonyl (C=O) groups is 1. The molecule has 1 heterocycles. The number of cyclic esters (lactones) is 1. The van der Waals surface area contributed by atoms with Crippen molar-refractivity contribution in [2.45, 2.75) is 18.9 Å². The van der Waals surface area contributed by atoms with Crippen LogP contribution in [0.3, 0.4) is 0 Å². The summed E-state index contributed by atoms with van der Waals surface area (Å²) in [6.45, 7) is 1.05. The van der Waals surface area contributed by atoms with Gasteiger partial charge in [0.15, 0.2) is 0 Å². The van der Waals surface area contributed by atoms with E-state index < -0.39 is 0 Å². The van der Waals surface area contributed by atoms with Crippen molar-refractivity contribution in [2.24, 2.45) is 5.73 Å². The van der Waals surface area contributed by atoms with Gasteiger partial charge in [0, 0.05) is 6.07 Å². The Balaban J connectivity index is 2.19. The summed E-state index contributed by atoms with van der Waals surface area (Å²) in [5.41, 5.74) is 6.31.